The Balaban J connectivity index is 1.78. The molecule has 1 aliphatic carbocycles. The van der Waals surface area contributed by atoms with Gasteiger partial charge in [0.05, 0.1) is 4.90 Å². The van der Waals surface area contributed by atoms with Crippen molar-refractivity contribution in [2.45, 2.75) is 34.8 Å². The zero-order chi connectivity index (χ0) is 16.4. The molecule has 0 bridgehead atoms. The lowest BCUT2D eigenvalue weighted by Crippen LogP contribution is -2.13. The first-order valence-corrected chi connectivity index (χ1v) is 9.50. The molecular formula is C16H15F2NO2S2. The summed E-state index contributed by atoms with van der Waals surface area (Å²) in [6, 6.07) is 11.1. The van der Waals surface area contributed by atoms with Crippen molar-refractivity contribution >= 4 is 27.5 Å². The molecule has 1 aliphatic rings. The van der Waals surface area contributed by atoms with Crippen molar-refractivity contribution in [2.24, 2.45) is 0 Å². The number of fused-ring (bicyclic) bond motifs is 1. The van der Waals surface area contributed by atoms with Crippen LogP contribution in [0.3, 0.4) is 0 Å². The van der Waals surface area contributed by atoms with E-state index >= 15 is 0 Å². The smallest absolute Gasteiger partial charge is 0.280 e. The minimum atomic E-state index is -3.68. The fourth-order valence-corrected chi connectivity index (χ4v) is 4.24. The maximum atomic E-state index is 12.4. The van der Waals surface area contributed by atoms with Gasteiger partial charge in [0.25, 0.3) is 15.8 Å². The Labute approximate surface area is 138 Å². The summed E-state index contributed by atoms with van der Waals surface area (Å²) in [7, 11) is -3.68. The van der Waals surface area contributed by atoms with Gasteiger partial charge in [0.2, 0.25) is 0 Å². The van der Waals surface area contributed by atoms with Crippen molar-refractivity contribution < 1.29 is 17.2 Å². The fourth-order valence-electron chi connectivity index (χ4n) is 2.63. The molecule has 0 spiro atoms. The van der Waals surface area contributed by atoms with Crippen LogP contribution in [0, 0.1) is 0 Å². The van der Waals surface area contributed by atoms with Crippen LogP contribution in [0.1, 0.15) is 17.5 Å². The summed E-state index contributed by atoms with van der Waals surface area (Å²) >= 11 is 0.424. The van der Waals surface area contributed by atoms with E-state index in [1.807, 2.05) is 6.07 Å². The Morgan fingerprint density at radius 1 is 1.00 bits per heavy atom. The summed E-state index contributed by atoms with van der Waals surface area (Å²) < 4.78 is 51.9. The summed E-state index contributed by atoms with van der Waals surface area (Å²) in [6.07, 6.45) is 2.94. The van der Waals surface area contributed by atoms with Gasteiger partial charge in [-0.05, 0) is 66.8 Å². The molecular weight excluding hydrogens is 340 g/mol. The molecule has 7 heteroatoms. The highest BCUT2D eigenvalue weighted by atomic mass is 32.2. The van der Waals surface area contributed by atoms with Crippen LogP contribution in [-0.2, 0) is 22.9 Å². The van der Waals surface area contributed by atoms with Gasteiger partial charge >= 0.3 is 0 Å². The number of rotatable bonds is 5. The molecule has 0 atom stereocenters. The molecule has 3 rings (SSSR count). The number of hydrogen-bond acceptors (Lipinski definition) is 3. The molecule has 0 heterocycles. The number of benzene rings is 2. The van der Waals surface area contributed by atoms with E-state index in [1.54, 1.807) is 12.1 Å². The zero-order valence-corrected chi connectivity index (χ0v) is 13.8. The molecule has 3 nitrogen and oxygen atoms in total. The number of sulfonamides is 1. The Kier molecular flexibility index (Phi) is 4.59. The summed E-state index contributed by atoms with van der Waals surface area (Å²) in [5.74, 6) is -2.50. The largest absolute Gasteiger partial charge is 0.288 e. The quantitative estimate of drug-likeness (QED) is 0.814. The molecule has 0 aromatic heterocycles. The third-order valence-electron chi connectivity index (χ3n) is 3.71. The lowest BCUT2D eigenvalue weighted by atomic mass is 10.1. The van der Waals surface area contributed by atoms with Crippen molar-refractivity contribution in [3.63, 3.8) is 0 Å². The van der Waals surface area contributed by atoms with E-state index in [2.05, 4.69) is 4.72 Å². The number of alkyl halides is 2. The van der Waals surface area contributed by atoms with Crippen molar-refractivity contribution in [1.29, 1.82) is 0 Å². The molecule has 2 aromatic rings. The summed E-state index contributed by atoms with van der Waals surface area (Å²) in [4.78, 5) is 0.615. The Morgan fingerprint density at radius 3 is 2.39 bits per heavy atom. The Bertz CT molecular complexity index is 805. The van der Waals surface area contributed by atoms with Gasteiger partial charge in [0.1, 0.15) is 0 Å². The number of nitrogens with one attached hydrogen (secondary N) is 1. The minimum absolute atomic E-state index is 0.226. The molecule has 2 aromatic carbocycles. The van der Waals surface area contributed by atoms with Gasteiger partial charge in [0.15, 0.2) is 0 Å². The molecule has 0 aliphatic heterocycles. The van der Waals surface area contributed by atoms with Gasteiger partial charge in [-0.2, -0.15) is 8.78 Å². The molecule has 0 unspecified atom stereocenters. The molecule has 122 valence electrons. The van der Waals surface area contributed by atoms with Gasteiger partial charge in [0, 0.05) is 10.6 Å². The van der Waals surface area contributed by atoms with Crippen LogP contribution in [0.15, 0.2) is 52.3 Å². The number of hydrogen-bond donors (Lipinski definition) is 1. The molecule has 23 heavy (non-hydrogen) atoms. The predicted molar refractivity (Wildman–Crippen MR) is 87.6 cm³/mol. The maximum Gasteiger partial charge on any atom is 0.288 e. The van der Waals surface area contributed by atoms with Crippen LogP contribution in [0.25, 0.3) is 0 Å². The molecule has 0 saturated carbocycles. The van der Waals surface area contributed by atoms with Crippen LogP contribution in [0.4, 0.5) is 14.5 Å². The topological polar surface area (TPSA) is 46.2 Å². The first-order chi connectivity index (χ1) is 10.9. The second-order valence-electron chi connectivity index (χ2n) is 5.29. The average molecular weight is 355 g/mol. The first kappa shape index (κ1) is 16.3. The van der Waals surface area contributed by atoms with Crippen LogP contribution >= 0.6 is 11.8 Å². The van der Waals surface area contributed by atoms with Gasteiger partial charge in [-0.1, -0.05) is 17.8 Å². The van der Waals surface area contributed by atoms with E-state index in [-0.39, 0.29) is 4.90 Å². The van der Waals surface area contributed by atoms with E-state index in [4.69, 9.17) is 0 Å². The van der Waals surface area contributed by atoms with E-state index in [9.17, 15) is 17.2 Å². The summed E-state index contributed by atoms with van der Waals surface area (Å²) in [5, 5.41) is 0. The predicted octanol–water partition coefficient (Wildman–Crippen LogP) is 4.29. The monoisotopic (exact) mass is 355 g/mol. The summed E-state index contributed by atoms with van der Waals surface area (Å²) in [5.41, 5.74) is 2.64. The van der Waals surface area contributed by atoms with E-state index in [0.29, 0.717) is 22.3 Å². The van der Waals surface area contributed by atoms with Crippen molar-refractivity contribution in [2.75, 3.05) is 4.72 Å². The van der Waals surface area contributed by atoms with Gasteiger partial charge in [-0.25, -0.2) is 8.42 Å². The van der Waals surface area contributed by atoms with Crippen molar-refractivity contribution in [3.05, 3.63) is 53.6 Å². The number of halogens is 2. The Morgan fingerprint density at radius 2 is 1.70 bits per heavy atom. The lowest BCUT2D eigenvalue weighted by molar-refractivity contribution is 0.252. The van der Waals surface area contributed by atoms with E-state index in [1.165, 1.54) is 29.8 Å². The molecule has 0 radical (unpaired) electrons. The van der Waals surface area contributed by atoms with Crippen LogP contribution < -0.4 is 4.72 Å². The average Bonchev–Trinajstić information content (AvgIpc) is 2.96. The highest BCUT2D eigenvalue weighted by Gasteiger charge is 2.18. The SMILES string of the molecule is O=S(=O)(Nc1ccc(SC(F)F)cc1)c1ccc2c(c1)CCC2. The zero-order valence-electron chi connectivity index (χ0n) is 12.1. The second-order valence-corrected chi connectivity index (χ2v) is 8.04. The normalized spacial score (nSPS) is 14.0. The highest BCUT2D eigenvalue weighted by molar-refractivity contribution is 7.99. The van der Waals surface area contributed by atoms with E-state index in [0.717, 1.165) is 24.8 Å². The second kappa shape index (κ2) is 6.49. The fraction of sp³-hybridized carbons (Fsp3) is 0.250. The molecule has 0 fully saturated rings. The number of thioether (sulfide) groups is 1. The standard InChI is InChI=1S/C16H15F2NO2S2/c17-16(18)22-14-7-5-13(6-8-14)19-23(20,21)15-9-4-11-2-1-3-12(11)10-15/h4-10,16,19H,1-3H2. The highest BCUT2D eigenvalue weighted by Crippen LogP contribution is 2.28. The maximum absolute atomic E-state index is 12.4. The Hall–Kier alpha value is -1.60. The molecule has 0 amide bonds. The summed E-state index contributed by atoms with van der Waals surface area (Å²) in [6.45, 7) is 0. The molecule has 0 saturated heterocycles. The lowest BCUT2D eigenvalue weighted by Gasteiger charge is -2.10. The minimum Gasteiger partial charge on any atom is -0.280 e. The van der Waals surface area contributed by atoms with Crippen LogP contribution in [0.5, 0.6) is 0 Å². The van der Waals surface area contributed by atoms with Crippen LogP contribution in [0.2, 0.25) is 0 Å². The van der Waals surface area contributed by atoms with Crippen LogP contribution in [-0.4, -0.2) is 14.2 Å². The van der Waals surface area contributed by atoms with Crippen molar-refractivity contribution in [3.8, 4) is 0 Å². The van der Waals surface area contributed by atoms with Gasteiger partial charge < -0.3 is 0 Å². The first-order valence-electron chi connectivity index (χ1n) is 7.13. The number of aryl methyl sites for hydroxylation is 2. The van der Waals surface area contributed by atoms with Gasteiger partial charge in [-0.15, -0.1) is 0 Å². The number of anilines is 1. The van der Waals surface area contributed by atoms with Gasteiger partial charge in [-0.3, -0.25) is 4.72 Å². The van der Waals surface area contributed by atoms with Crippen molar-refractivity contribution in [1.82, 2.24) is 0 Å². The molecule has 1 N–H and O–H groups in total. The third kappa shape index (κ3) is 3.84. The third-order valence-corrected chi connectivity index (χ3v) is 5.81. The van der Waals surface area contributed by atoms with E-state index < -0.39 is 15.8 Å².